The summed E-state index contributed by atoms with van der Waals surface area (Å²) in [6.07, 6.45) is 2.07. The number of nitrogens with one attached hydrogen (secondary N) is 2. The van der Waals surface area contributed by atoms with Crippen LogP contribution in [0.15, 0.2) is 42.6 Å². The maximum atomic E-state index is 12.4. The van der Waals surface area contributed by atoms with Gasteiger partial charge in [0.15, 0.2) is 0 Å². The zero-order valence-electron chi connectivity index (χ0n) is 13.8. The summed E-state index contributed by atoms with van der Waals surface area (Å²) in [4.78, 5) is 31.5. The Balaban J connectivity index is 1.60. The molecule has 2 heterocycles. The van der Waals surface area contributed by atoms with Gasteiger partial charge in [-0.05, 0) is 36.9 Å². The number of amides is 2. The minimum atomic E-state index is -0.192. The van der Waals surface area contributed by atoms with E-state index in [1.807, 2.05) is 29.2 Å². The van der Waals surface area contributed by atoms with Gasteiger partial charge in [0.05, 0.1) is 6.42 Å². The maximum Gasteiger partial charge on any atom is 0.272 e. The zero-order chi connectivity index (χ0) is 16.9. The Morgan fingerprint density at radius 2 is 1.92 bits per heavy atom. The Labute approximate surface area is 141 Å². The number of aromatic amines is 1. The van der Waals surface area contributed by atoms with Crippen LogP contribution in [-0.4, -0.2) is 59.8 Å². The van der Waals surface area contributed by atoms with Crippen molar-refractivity contribution in [2.45, 2.75) is 6.42 Å². The number of hydrogen-bond donors (Lipinski definition) is 2. The van der Waals surface area contributed by atoms with Gasteiger partial charge in [0, 0.05) is 38.1 Å². The van der Waals surface area contributed by atoms with Gasteiger partial charge in [-0.3, -0.25) is 9.59 Å². The third-order valence-corrected chi connectivity index (χ3v) is 4.24. The van der Waals surface area contributed by atoms with Gasteiger partial charge in [-0.25, -0.2) is 0 Å². The molecular formula is C18H22N4O2. The predicted molar refractivity (Wildman–Crippen MR) is 93.0 cm³/mol. The number of piperazine rings is 1. The minimum absolute atomic E-state index is 0.135. The SMILES string of the molecule is CN1CCN(C(=O)Cc2cccc(NC(=O)c3ccc[nH]3)c2)CC1. The number of H-pyrrole nitrogens is 1. The number of carbonyl (C=O) groups is 2. The number of nitrogens with zero attached hydrogens (tertiary/aromatic N) is 2. The van der Waals surface area contributed by atoms with Crippen molar-refractivity contribution in [1.29, 1.82) is 0 Å². The molecular weight excluding hydrogens is 304 g/mol. The Morgan fingerprint density at radius 3 is 2.62 bits per heavy atom. The molecule has 2 N–H and O–H groups in total. The number of hydrogen-bond acceptors (Lipinski definition) is 3. The lowest BCUT2D eigenvalue weighted by Gasteiger charge is -2.32. The van der Waals surface area contributed by atoms with Crippen molar-refractivity contribution in [2.75, 3.05) is 38.5 Å². The molecule has 1 aliphatic heterocycles. The molecule has 2 amide bonds. The topological polar surface area (TPSA) is 68.4 Å². The summed E-state index contributed by atoms with van der Waals surface area (Å²) in [5, 5.41) is 2.84. The second-order valence-electron chi connectivity index (χ2n) is 6.10. The molecule has 0 saturated carbocycles. The van der Waals surface area contributed by atoms with Crippen LogP contribution in [0.25, 0.3) is 0 Å². The van der Waals surface area contributed by atoms with Gasteiger partial charge in [-0.1, -0.05) is 12.1 Å². The zero-order valence-corrected chi connectivity index (χ0v) is 13.8. The standard InChI is InChI=1S/C18H22N4O2/c1-21-8-10-22(11-9-21)17(23)13-14-4-2-5-15(12-14)20-18(24)16-6-3-7-19-16/h2-7,12,19H,8-11,13H2,1H3,(H,20,24). The van der Waals surface area contributed by atoms with Gasteiger partial charge in [-0.15, -0.1) is 0 Å². The fourth-order valence-corrected chi connectivity index (χ4v) is 2.77. The van der Waals surface area contributed by atoms with Gasteiger partial charge in [-0.2, -0.15) is 0 Å². The van der Waals surface area contributed by atoms with Crippen molar-refractivity contribution >= 4 is 17.5 Å². The van der Waals surface area contributed by atoms with Crippen LogP contribution in [0.3, 0.4) is 0 Å². The van der Waals surface area contributed by atoms with E-state index in [2.05, 4.69) is 22.2 Å². The fraction of sp³-hybridized carbons (Fsp3) is 0.333. The van der Waals surface area contributed by atoms with E-state index in [4.69, 9.17) is 0 Å². The molecule has 0 radical (unpaired) electrons. The molecule has 2 aromatic rings. The molecule has 24 heavy (non-hydrogen) atoms. The molecule has 1 saturated heterocycles. The lowest BCUT2D eigenvalue weighted by molar-refractivity contribution is -0.132. The van der Waals surface area contributed by atoms with Gasteiger partial charge < -0.3 is 20.1 Å². The van der Waals surface area contributed by atoms with Crippen molar-refractivity contribution in [3.63, 3.8) is 0 Å². The van der Waals surface area contributed by atoms with E-state index in [1.54, 1.807) is 18.3 Å². The van der Waals surface area contributed by atoms with E-state index in [1.165, 1.54) is 0 Å². The van der Waals surface area contributed by atoms with E-state index in [0.717, 1.165) is 31.7 Å². The summed E-state index contributed by atoms with van der Waals surface area (Å²) < 4.78 is 0. The summed E-state index contributed by atoms with van der Waals surface area (Å²) in [6.45, 7) is 3.38. The number of carbonyl (C=O) groups excluding carboxylic acids is 2. The van der Waals surface area contributed by atoms with Crippen LogP contribution in [0.4, 0.5) is 5.69 Å². The third-order valence-electron chi connectivity index (χ3n) is 4.24. The highest BCUT2D eigenvalue weighted by Gasteiger charge is 2.19. The average Bonchev–Trinajstić information content (AvgIpc) is 3.10. The molecule has 1 aromatic carbocycles. The van der Waals surface area contributed by atoms with Crippen LogP contribution in [0.5, 0.6) is 0 Å². The van der Waals surface area contributed by atoms with Crippen LogP contribution in [0, 0.1) is 0 Å². The number of rotatable bonds is 4. The quantitative estimate of drug-likeness (QED) is 0.896. The Morgan fingerprint density at radius 1 is 1.12 bits per heavy atom. The van der Waals surface area contributed by atoms with Crippen molar-refractivity contribution in [2.24, 2.45) is 0 Å². The molecule has 6 heteroatoms. The van der Waals surface area contributed by atoms with Crippen LogP contribution in [0.2, 0.25) is 0 Å². The molecule has 1 aromatic heterocycles. The lowest BCUT2D eigenvalue weighted by Crippen LogP contribution is -2.47. The molecule has 0 bridgehead atoms. The molecule has 3 rings (SSSR count). The molecule has 126 valence electrons. The van der Waals surface area contributed by atoms with Gasteiger partial charge >= 0.3 is 0 Å². The molecule has 0 unspecified atom stereocenters. The van der Waals surface area contributed by atoms with E-state index >= 15 is 0 Å². The van der Waals surface area contributed by atoms with Gasteiger partial charge in [0.1, 0.15) is 5.69 Å². The molecule has 0 spiro atoms. The second kappa shape index (κ2) is 7.31. The van der Waals surface area contributed by atoms with Gasteiger partial charge in [0.2, 0.25) is 5.91 Å². The van der Waals surface area contributed by atoms with Crippen molar-refractivity contribution in [1.82, 2.24) is 14.8 Å². The van der Waals surface area contributed by atoms with E-state index in [-0.39, 0.29) is 11.8 Å². The molecule has 6 nitrogen and oxygen atoms in total. The number of anilines is 1. The van der Waals surface area contributed by atoms with Crippen LogP contribution < -0.4 is 5.32 Å². The maximum absolute atomic E-state index is 12.4. The first kappa shape index (κ1) is 16.3. The Kier molecular flexibility index (Phi) is 4.96. The Hall–Kier alpha value is -2.60. The number of likely N-dealkylation sites (N-methyl/N-ethyl adjacent to an activating group) is 1. The van der Waals surface area contributed by atoms with Crippen molar-refractivity contribution < 1.29 is 9.59 Å². The molecule has 0 aliphatic carbocycles. The minimum Gasteiger partial charge on any atom is -0.357 e. The largest absolute Gasteiger partial charge is 0.357 e. The summed E-state index contributed by atoms with van der Waals surface area (Å²) >= 11 is 0. The highest BCUT2D eigenvalue weighted by Crippen LogP contribution is 2.14. The normalized spacial score (nSPS) is 15.3. The molecule has 1 fully saturated rings. The van der Waals surface area contributed by atoms with E-state index in [9.17, 15) is 9.59 Å². The highest BCUT2D eigenvalue weighted by molar-refractivity contribution is 6.03. The van der Waals surface area contributed by atoms with Crippen LogP contribution >= 0.6 is 0 Å². The second-order valence-corrected chi connectivity index (χ2v) is 6.10. The molecule has 1 aliphatic rings. The van der Waals surface area contributed by atoms with Crippen molar-refractivity contribution in [3.8, 4) is 0 Å². The van der Waals surface area contributed by atoms with Crippen LogP contribution in [-0.2, 0) is 11.2 Å². The number of benzene rings is 1. The smallest absolute Gasteiger partial charge is 0.272 e. The third kappa shape index (κ3) is 4.02. The van der Waals surface area contributed by atoms with Gasteiger partial charge in [0.25, 0.3) is 5.91 Å². The first-order chi connectivity index (χ1) is 11.6. The lowest BCUT2D eigenvalue weighted by atomic mass is 10.1. The predicted octanol–water partition coefficient (Wildman–Crippen LogP) is 1.58. The first-order valence-corrected chi connectivity index (χ1v) is 8.12. The summed E-state index contributed by atoms with van der Waals surface area (Å²) in [6, 6.07) is 10.9. The fourth-order valence-electron chi connectivity index (χ4n) is 2.77. The highest BCUT2D eigenvalue weighted by atomic mass is 16.2. The van der Waals surface area contributed by atoms with E-state index in [0.29, 0.717) is 17.8 Å². The van der Waals surface area contributed by atoms with E-state index < -0.39 is 0 Å². The van der Waals surface area contributed by atoms with Crippen LogP contribution in [0.1, 0.15) is 16.1 Å². The average molecular weight is 326 g/mol. The number of aromatic nitrogens is 1. The summed E-state index contributed by atoms with van der Waals surface area (Å²) in [5.41, 5.74) is 2.11. The summed E-state index contributed by atoms with van der Waals surface area (Å²) in [7, 11) is 2.07. The Bertz CT molecular complexity index is 704. The monoisotopic (exact) mass is 326 g/mol. The van der Waals surface area contributed by atoms with Crippen molar-refractivity contribution in [3.05, 3.63) is 53.9 Å². The summed E-state index contributed by atoms with van der Waals surface area (Å²) in [5.74, 6) is -0.0570. The molecule has 0 atom stereocenters. The first-order valence-electron chi connectivity index (χ1n) is 8.12.